The summed E-state index contributed by atoms with van der Waals surface area (Å²) in [7, 11) is 0. The summed E-state index contributed by atoms with van der Waals surface area (Å²) in [6.45, 7) is 43.4. The SMILES string of the molecule is CC(C)c1cccc(C(C)C)c1-c1ccc(-[n+]2[c-]n(-c3[c-]c(Oc4[c-]c5c(cc4)c4c(C(C)(C)C)cccc4n5-c4cc(C(C)(C)C)ccn4)cc(C(C)(C)C)c3)c(C(C)(C)C)c2C(C)(C)C)cc1.[Pt]. The average Bonchev–Trinajstić information content (AvgIpc) is 3.83. The summed E-state index contributed by atoms with van der Waals surface area (Å²) in [5.41, 5.74) is 14.6. The van der Waals surface area contributed by atoms with Crippen molar-refractivity contribution in [2.75, 3.05) is 0 Å². The maximum Gasteiger partial charge on any atom is 0.267 e. The van der Waals surface area contributed by atoms with Gasteiger partial charge in [0.25, 0.3) is 6.33 Å². The van der Waals surface area contributed by atoms with Gasteiger partial charge in [-0.15, -0.1) is 29.7 Å². The van der Waals surface area contributed by atoms with Gasteiger partial charge < -0.3 is 13.9 Å². The second kappa shape index (κ2) is 18.7. The van der Waals surface area contributed by atoms with Crippen molar-refractivity contribution in [3.05, 3.63) is 161 Å². The van der Waals surface area contributed by atoms with E-state index >= 15 is 0 Å². The molecule has 0 unspecified atom stereocenters. The monoisotopic (exact) mass is 1110 g/mol. The zero-order valence-electron chi connectivity index (χ0n) is 45.5. The van der Waals surface area contributed by atoms with E-state index in [1.807, 2.05) is 6.20 Å². The van der Waals surface area contributed by atoms with Crippen LogP contribution in [0.2, 0.25) is 0 Å². The summed E-state index contributed by atoms with van der Waals surface area (Å²) in [6.07, 6.45) is 5.84. The fraction of sp³-hybridized carbons (Fsp3) is 0.406. The molecule has 3 heterocycles. The molecule has 5 aromatic carbocycles. The molecule has 0 fully saturated rings. The Balaban J connectivity index is 0.00000722. The molecule has 0 saturated heterocycles. The van der Waals surface area contributed by atoms with Crippen molar-refractivity contribution in [1.29, 1.82) is 0 Å². The minimum absolute atomic E-state index is 0. The number of fused-ring (bicyclic) bond motifs is 3. The van der Waals surface area contributed by atoms with Crippen molar-refractivity contribution in [3.63, 3.8) is 0 Å². The normalized spacial score (nSPS) is 12.9. The van der Waals surface area contributed by atoms with Crippen molar-refractivity contribution in [3.8, 4) is 39.8 Å². The van der Waals surface area contributed by atoms with Crippen LogP contribution in [0.1, 0.15) is 183 Å². The molecule has 0 N–H and O–H groups in total. The smallest absolute Gasteiger partial charge is 0.267 e. The van der Waals surface area contributed by atoms with Crippen LogP contribution in [-0.2, 0) is 48.1 Å². The van der Waals surface area contributed by atoms with E-state index in [0.717, 1.165) is 39.2 Å². The van der Waals surface area contributed by atoms with E-state index in [4.69, 9.17) is 9.72 Å². The molecule has 70 heavy (non-hydrogen) atoms. The van der Waals surface area contributed by atoms with E-state index in [9.17, 15) is 0 Å². The Labute approximate surface area is 435 Å². The van der Waals surface area contributed by atoms with Gasteiger partial charge in [-0.1, -0.05) is 180 Å². The van der Waals surface area contributed by atoms with Crippen molar-refractivity contribution < 1.29 is 30.4 Å². The molecule has 3 aromatic heterocycles. The van der Waals surface area contributed by atoms with Crippen LogP contribution in [-0.4, -0.2) is 14.1 Å². The zero-order valence-corrected chi connectivity index (χ0v) is 47.8. The first-order chi connectivity index (χ1) is 32.0. The Hall–Kier alpha value is -5.25. The molecular weight excluding hydrogens is 1040 g/mol. The molecule has 0 bridgehead atoms. The van der Waals surface area contributed by atoms with Crippen LogP contribution in [0.15, 0.2) is 103 Å². The van der Waals surface area contributed by atoms with E-state index in [1.54, 1.807) is 0 Å². The van der Waals surface area contributed by atoms with E-state index in [1.165, 1.54) is 50.2 Å². The minimum Gasteiger partial charge on any atom is -0.510 e. The second-order valence-electron chi connectivity index (χ2n) is 25.1. The van der Waals surface area contributed by atoms with Gasteiger partial charge in [0.1, 0.15) is 5.82 Å². The number of ether oxygens (including phenoxy) is 1. The minimum atomic E-state index is -0.254. The first-order valence-electron chi connectivity index (χ1n) is 25.1. The molecule has 0 aliphatic carbocycles. The molecule has 6 heteroatoms. The van der Waals surface area contributed by atoms with Crippen LogP contribution in [0.5, 0.6) is 11.5 Å². The van der Waals surface area contributed by atoms with Gasteiger partial charge in [-0.25, -0.2) is 4.98 Å². The van der Waals surface area contributed by atoms with Gasteiger partial charge in [0.05, 0.1) is 17.1 Å². The van der Waals surface area contributed by atoms with Crippen molar-refractivity contribution in [2.45, 2.75) is 170 Å². The number of pyridine rings is 1. The Morgan fingerprint density at radius 3 is 1.76 bits per heavy atom. The number of aromatic nitrogens is 4. The molecule has 0 aliphatic heterocycles. The van der Waals surface area contributed by atoms with Crippen LogP contribution in [0, 0.1) is 18.5 Å². The van der Waals surface area contributed by atoms with Gasteiger partial charge in [0.2, 0.25) is 0 Å². The Morgan fingerprint density at radius 2 is 1.20 bits per heavy atom. The summed E-state index contributed by atoms with van der Waals surface area (Å²) in [6, 6.07) is 43.1. The van der Waals surface area contributed by atoms with Crippen LogP contribution >= 0.6 is 0 Å². The molecule has 0 amide bonds. The maximum absolute atomic E-state index is 6.99. The van der Waals surface area contributed by atoms with Gasteiger partial charge in [-0.3, -0.25) is 4.57 Å². The predicted octanol–water partition coefficient (Wildman–Crippen LogP) is 16.8. The Kier molecular flexibility index (Phi) is 14.1. The van der Waals surface area contributed by atoms with Gasteiger partial charge in [0, 0.05) is 44.3 Å². The predicted molar refractivity (Wildman–Crippen MR) is 290 cm³/mol. The van der Waals surface area contributed by atoms with Gasteiger partial charge in [-0.2, -0.15) is 17.7 Å². The third kappa shape index (κ3) is 10.1. The van der Waals surface area contributed by atoms with Crippen molar-refractivity contribution in [1.82, 2.24) is 14.1 Å². The average molecular weight is 1110 g/mol. The first-order valence-corrected chi connectivity index (χ1v) is 25.1. The molecule has 0 aliphatic rings. The molecule has 5 nitrogen and oxygen atoms in total. The van der Waals surface area contributed by atoms with E-state index in [2.05, 4.69) is 261 Å². The number of rotatable bonds is 8. The molecule has 0 saturated carbocycles. The summed E-state index contributed by atoms with van der Waals surface area (Å²) >= 11 is 0. The van der Waals surface area contributed by atoms with Crippen molar-refractivity contribution >= 4 is 21.8 Å². The molecular formula is C64H76N4OPt-2. The number of hydrogen-bond acceptors (Lipinski definition) is 2. The summed E-state index contributed by atoms with van der Waals surface area (Å²) in [4.78, 5) is 4.99. The fourth-order valence-corrected chi connectivity index (χ4v) is 9.97. The molecule has 0 atom stereocenters. The van der Waals surface area contributed by atoms with Crippen LogP contribution in [0.3, 0.4) is 0 Å². The molecule has 8 rings (SSSR count). The Morgan fingerprint density at radius 1 is 0.586 bits per heavy atom. The number of nitrogens with zero attached hydrogens (tertiary/aromatic N) is 4. The topological polar surface area (TPSA) is 35.9 Å². The fourth-order valence-electron chi connectivity index (χ4n) is 9.97. The number of benzene rings is 5. The van der Waals surface area contributed by atoms with Gasteiger partial charge >= 0.3 is 0 Å². The van der Waals surface area contributed by atoms with E-state index in [0.29, 0.717) is 23.3 Å². The molecule has 0 spiro atoms. The van der Waals surface area contributed by atoms with Crippen LogP contribution in [0.25, 0.3) is 50.1 Å². The largest absolute Gasteiger partial charge is 0.510 e. The number of imidazole rings is 1. The van der Waals surface area contributed by atoms with Gasteiger partial charge in [-0.05, 0) is 114 Å². The van der Waals surface area contributed by atoms with Crippen molar-refractivity contribution in [2.24, 2.45) is 0 Å². The number of hydrogen-bond donors (Lipinski definition) is 0. The van der Waals surface area contributed by atoms with E-state index in [-0.39, 0.29) is 48.1 Å². The van der Waals surface area contributed by atoms with Crippen LogP contribution < -0.4 is 9.30 Å². The third-order valence-corrected chi connectivity index (χ3v) is 13.6. The maximum atomic E-state index is 6.99. The quantitative estimate of drug-likeness (QED) is 0.112. The molecule has 0 radical (unpaired) electrons. The standard InChI is InChI=1S/C64H76N4O.Pt/c1-40(2)49-22-20-23-50(41(3)4)56(49)42-26-28-45(29-27-42)66-39-67(59(64(17,18)19)58(66)63(14,15)16)46-34-44(61(8,9)10)35-48(37-46)69-47-30-31-51-54(38-47)68(55-36-43(32-33-65-55)60(5,6)7)53-25-21-24-52(57(51)53)62(11,12)13;/h20-36,40-41H,1-19H3;/q-2;. The molecule has 370 valence electrons. The first kappa shape index (κ1) is 52.6. The van der Waals surface area contributed by atoms with Gasteiger partial charge in [0.15, 0.2) is 0 Å². The summed E-state index contributed by atoms with van der Waals surface area (Å²) in [5, 5.41) is 2.33. The second-order valence-corrected chi connectivity index (χ2v) is 25.1. The van der Waals surface area contributed by atoms with Crippen LogP contribution in [0.4, 0.5) is 0 Å². The Bertz CT molecular complexity index is 3170. The third-order valence-electron chi connectivity index (χ3n) is 13.6. The van der Waals surface area contributed by atoms with E-state index < -0.39 is 0 Å². The zero-order chi connectivity index (χ0) is 50.3. The molecule has 8 aromatic rings. The summed E-state index contributed by atoms with van der Waals surface area (Å²) < 4.78 is 13.8. The summed E-state index contributed by atoms with van der Waals surface area (Å²) in [5.74, 6) is 2.92.